The highest BCUT2D eigenvalue weighted by atomic mass is 15.1. The molecule has 3 nitrogen and oxygen atoms in total. The Kier molecular flexibility index (Phi) is 5.90. The Bertz CT molecular complexity index is 522. The fourth-order valence-corrected chi connectivity index (χ4v) is 2.48. The molecule has 0 radical (unpaired) electrons. The largest absolute Gasteiger partial charge is 0.309 e. The third-order valence-electron chi connectivity index (χ3n) is 3.58. The fraction of sp³-hybridized carbons (Fsp3) is 0.389. The summed E-state index contributed by atoms with van der Waals surface area (Å²) in [5, 5.41) is 3.57. The lowest BCUT2D eigenvalue weighted by molar-refractivity contribution is 0.282. The van der Waals surface area contributed by atoms with E-state index in [4.69, 9.17) is 0 Å². The minimum atomic E-state index is 0.351. The molecule has 1 N–H and O–H groups in total. The van der Waals surface area contributed by atoms with E-state index in [0.29, 0.717) is 6.04 Å². The number of benzene rings is 1. The van der Waals surface area contributed by atoms with Crippen molar-refractivity contribution in [3.8, 4) is 0 Å². The molecule has 0 bridgehead atoms. The SMILES string of the molecule is CCNC(CN(C)Cc1ccccn1)c1ccc(C)cc1. The zero-order valence-electron chi connectivity index (χ0n) is 13.2. The van der Waals surface area contributed by atoms with Crippen molar-refractivity contribution in [3.63, 3.8) is 0 Å². The third-order valence-corrected chi connectivity index (χ3v) is 3.58. The molecule has 3 heteroatoms. The molecule has 0 aliphatic heterocycles. The van der Waals surface area contributed by atoms with Crippen LogP contribution in [0.4, 0.5) is 0 Å². The molecule has 0 aliphatic rings. The number of aryl methyl sites for hydroxylation is 1. The van der Waals surface area contributed by atoms with E-state index in [9.17, 15) is 0 Å². The molecule has 0 saturated carbocycles. The zero-order chi connectivity index (χ0) is 15.1. The van der Waals surface area contributed by atoms with Crippen LogP contribution in [0.25, 0.3) is 0 Å². The first-order valence-electron chi connectivity index (χ1n) is 7.57. The topological polar surface area (TPSA) is 28.2 Å². The zero-order valence-corrected chi connectivity index (χ0v) is 13.2. The van der Waals surface area contributed by atoms with E-state index in [1.165, 1.54) is 11.1 Å². The molecule has 0 spiro atoms. The van der Waals surface area contributed by atoms with Crippen molar-refractivity contribution in [2.24, 2.45) is 0 Å². The maximum absolute atomic E-state index is 4.39. The number of nitrogens with one attached hydrogen (secondary N) is 1. The summed E-state index contributed by atoms with van der Waals surface area (Å²) in [5.41, 5.74) is 3.75. The highest BCUT2D eigenvalue weighted by Gasteiger charge is 2.13. The van der Waals surface area contributed by atoms with Gasteiger partial charge in [-0.15, -0.1) is 0 Å². The highest BCUT2D eigenvalue weighted by molar-refractivity contribution is 5.24. The molecular formula is C18H25N3. The first-order chi connectivity index (χ1) is 10.2. The van der Waals surface area contributed by atoms with Gasteiger partial charge in [0.15, 0.2) is 0 Å². The van der Waals surface area contributed by atoms with E-state index in [0.717, 1.165) is 25.3 Å². The summed E-state index contributed by atoms with van der Waals surface area (Å²) in [6.45, 7) is 7.08. The van der Waals surface area contributed by atoms with Crippen molar-refractivity contribution < 1.29 is 0 Å². The van der Waals surface area contributed by atoms with Gasteiger partial charge in [-0.3, -0.25) is 9.88 Å². The van der Waals surface area contributed by atoms with Crippen LogP contribution in [0, 0.1) is 6.92 Å². The van der Waals surface area contributed by atoms with Gasteiger partial charge in [-0.1, -0.05) is 42.8 Å². The molecule has 1 unspecified atom stereocenters. The van der Waals surface area contributed by atoms with Gasteiger partial charge in [-0.05, 0) is 38.2 Å². The maximum atomic E-state index is 4.39. The molecule has 1 atom stereocenters. The molecule has 2 rings (SSSR count). The molecule has 0 aliphatic carbocycles. The number of aromatic nitrogens is 1. The highest BCUT2D eigenvalue weighted by Crippen LogP contribution is 2.15. The average Bonchev–Trinajstić information content (AvgIpc) is 2.48. The standard InChI is InChI=1S/C18H25N3/c1-4-19-18(16-10-8-15(2)9-11-16)14-21(3)13-17-7-5-6-12-20-17/h5-12,18-19H,4,13-14H2,1-3H3. The van der Waals surface area contributed by atoms with Gasteiger partial charge in [-0.25, -0.2) is 0 Å². The minimum Gasteiger partial charge on any atom is -0.309 e. The van der Waals surface area contributed by atoms with Gasteiger partial charge in [0.05, 0.1) is 5.69 Å². The molecule has 0 saturated heterocycles. The van der Waals surface area contributed by atoms with Crippen molar-refractivity contribution in [3.05, 3.63) is 65.5 Å². The maximum Gasteiger partial charge on any atom is 0.0543 e. The number of likely N-dealkylation sites (N-methyl/N-ethyl adjacent to an activating group) is 2. The summed E-state index contributed by atoms with van der Waals surface area (Å²) in [7, 11) is 2.15. The van der Waals surface area contributed by atoms with Crippen LogP contribution in [0.15, 0.2) is 48.7 Å². The summed E-state index contributed by atoms with van der Waals surface area (Å²) >= 11 is 0. The van der Waals surface area contributed by atoms with Crippen LogP contribution in [0.1, 0.15) is 29.8 Å². The summed E-state index contributed by atoms with van der Waals surface area (Å²) < 4.78 is 0. The van der Waals surface area contributed by atoms with Gasteiger partial charge in [-0.2, -0.15) is 0 Å². The molecule has 0 fully saturated rings. The van der Waals surface area contributed by atoms with E-state index in [2.05, 4.69) is 66.4 Å². The van der Waals surface area contributed by atoms with E-state index >= 15 is 0 Å². The molecule has 1 aromatic heterocycles. The second-order valence-electron chi connectivity index (χ2n) is 5.54. The van der Waals surface area contributed by atoms with Crippen molar-refractivity contribution in [2.45, 2.75) is 26.4 Å². The van der Waals surface area contributed by atoms with Crippen LogP contribution in [0.5, 0.6) is 0 Å². The average molecular weight is 283 g/mol. The van der Waals surface area contributed by atoms with Crippen molar-refractivity contribution in [2.75, 3.05) is 20.1 Å². The number of hydrogen-bond acceptors (Lipinski definition) is 3. The number of nitrogens with zero attached hydrogens (tertiary/aromatic N) is 2. The molecular weight excluding hydrogens is 258 g/mol. The van der Waals surface area contributed by atoms with Crippen LogP contribution in [-0.2, 0) is 6.54 Å². The first kappa shape index (κ1) is 15.7. The van der Waals surface area contributed by atoms with Crippen LogP contribution in [0.2, 0.25) is 0 Å². The Morgan fingerprint density at radius 3 is 2.52 bits per heavy atom. The second-order valence-corrected chi connectivity index (χ2v) is 5.54. The predicted molar refractivity (Wildman–Crippen MR) is 88.2 cm³/mol. The lowest BCUT2D eigenvalue weighted by atomic mass is 10.0. The van der Waals surface area contributed by atoms with E-state index in [-0.39, 0.29) is 0 Å². The molecule has 1 aromatic carbocycles. The summed E-state index contributed by atoms with van der Waals surface area (Å²) in [4.78, 5) is 6.71. The second kappa shape index (κ2) is 7.91. The van der Waals surface area contributed by atoms with Gasteiger partial charge in [0.1, 0.15) is 0 Å². The van der Waals surface area contributed by atoms with Gasteiger partial charge < -0.3 is 5.32 Å². The summed E-state index contributed by atoms with van der Waals surface area (Å²) in [6, 6.07) is 15.2. The number of hydrogen-bond donors (Lipinski definition) is 1. The smallest absolute Gasteiger partial charge is 0.0543 e. The van der Waals surface area contributed by atoms with Crippen LogP contribution >= 0.6 is 0 Å². The lowest BCUT2D eigenvalue weighted by Crippen LogP contribution is -2.33. The van der Waals surface area contributed by atoms with Gasteiger partial charge in [0, 0.05) is 25.3 Å². The van der Waals surface area contributed by atoms with Crippen molar-refractivity contribution in [1.82, 2.24) is 15.2 Å². The molecule has 2 aromatic rings. The molecule has 21 heavy (non-hydrogen) atoms. The Balaban J connectivity index is 2.00. The Labute approximate surface area is 128 Å². The van der Waals surface area contributed by atoms with E-state index < -0.39 is 0 Å². The van der Waals surface area contributed by atoms with Crippen LogP contribution in [-0.4, -0.2) is 30.0 Å². The van der Waals surface area contributed by atoms with E-state index in [1.807, 2.05) is 18.3 Å². The monoisotopic (exact) mass is 283 g/mol. The third kappa shape index (κ3) is 4.96. The fourth-order valence-electron chi connectivity index (χ4n) is 2.48. The summed E-state index contributed by atoms with van der Waals surface area (Å²) in [5.74, 6) is 0. The predicted octanol–water partition coefficient (Wildman–Crippen LogP) is 3.17. The Morgan fingerprint density at radius 1 is 1.14 bits per heavy atom. The van der Waals surface area contributed by atoms with Gasteiger partial charge in [0.25, 0.3) is 0 Å². The molecule has 112 valence electrons. The minimum absolute atomic E-state index is 0.351. The van der Waals surface area contributed by atoms with Crippen molar-refractivity contribution in [1.29, 1.82) is 0 Å². The normalized spacial score (nSPS) is 12.6. The van der Waals surface area contributed by atoms with Crippen LogP contribution in [0.3, 0.4) is 0 Å². The van der Waals surface area contributed by atoms with Gasteiger partial charge >= 0.3 is 0 Å². The summed E-state index contributed by atoms with van der Waals surface area (Å²) in [6.07, 6.45) is 1.85. The molecule has 0 amide bonds. The first-order valence-corrected chi connectivity index (χ1v) is 7.57. The van der Waals surface area contributed by atoms with Gasteiger partial charge in [0.2, 0.25) is 0 Å². The Hall–Kier alpha value is -1.71. The molecule has 1 heterocycles. The van der Waals surface area contributed by atoms with E-state index in [1.54, 1.807) is 0 Å². The van der Waals surface area contributed by atoms with Crippen LogP contribution < -0.4 is 5.32 Å². The lowest BCUT2D eigenvalue weighted by Gasteiger charge is -2.25. The van der Waals surface area contributed by atoms with Crippen molar-refractivity contribution >= 4 is 0 Å². The quantitative estimate of drug-likeness (QED) is 0.846. The number of rotatable bonds is 7. The Morgan fingerprint density at radius 2 is 1.90 bits per heavy atom. The number of pyridine rings is 1.